The number of piperidine rings is 1. The van der Waals surface area contributed by atoms with E-state index in [0.29, 0.717) is 34.5 Å². The van der Waals surface area contributed by atoms with Gasteiger partial charge >= 0.3 is 0 Å². The van der Waals surface area contributed by atoms with Crippen LogP contribution in [0.3, 0.4) is 0 Å². The van der Waals surface area contributed by atoms with E-state index >= 15 is 0 Å². The topological polar surface area (TPSA) is 76.8 Å². The molecule has 1 saturated carbocycles. The van der Waals surface area contributed by atoms with Crippen molar-refractivity contribution in [1.29, 1.82) is 0 Å². The zero-order valence-electron chi connectivity index (χ0n) is 20.4. The number of hydrogen-bond acceptors (Lipinski definition) is 6. The quantitative estimate of drug-likeness (QED) is 0.505. The van der Waals surface area contributed by atoms with Crippen molar-refractivity contribution in [2.24, 2.45) is 5.92 Å². The Labute approximate surface area is 209 Å². The molecule has 1 aromatic heterocycles. The van der Waals surface area contributed by atoms with Crippen molar-refractivity contribution in [3.63, 3.8) is 0 Å². The third-order valence-electron chi connectivity index (χ3n) is 8.10. The maximum Gasteiger partial charge on any atom is 0.251 e. The normalized spacial score (nSPS) is 22.7. The Morgan fingerprint density at radius 2 is 1.81 bits per heavy atom. The molecule has 2 aromatic carbocycles. The van der Waals surface area contributed by atoms with Crippen molar-refractivity contribution in [3.8, 4) is 11.5 Å². The number of carbonyl (C=O) groups is 1. The van der Waals surface area contributed by atoms with Gasteiger partial charge in [0.25, 0.3) is 5.91 Å². The molecule has 2 fully saturated rings. The summed E-state index contributed by atoms with van der Waals surface area (Å²) in [6, 6.07) is 10.2. The minimum Gasteiger partial charge on any atom is -0.454 e. The lowest BCUT2D eigenvalue weighted by atomic mass is 9.83. The number of carbonyl (C=O) groups excluding carboxylic acids is 1. The number of halogens is 1. The number of ether oxygens (including phenoxy) is 2. The summed E-state index contributed by atoms with van der Waals surface area (Å²) in [7, 11) is 0. The number of likely N-dealkylation sites (tertiary alicyclic amines) is 1. The number of benzene rings is 2. The van der Waals surface area contributed by atoms with Crippen LogP contribution in [0.1, 0.15) is 66.9 Å². The summed E-state index contributed by atoms with van der Waals surface area (Å²) >= 11 is 0. The van der Waals surface area contributed by atoms with Crippen molar-refractivity contribution in [1.82, 2.24) is 15.4 Å². The smallest absolute Gasteiger partial charge is 0.251 e. The van der Waals surface area contributed by atoms with E-state index in [-0.39, 0.29) is 24.6 Å². The third-order valence-corrected chi connectivity index (χ3v) is 8.10. The number of amides is 1. The van der Waals surface area contributed by atoms with Crippen LogP contribution in [-0.2, 0) is 0 Å². The number of rotatable bonds is 6. The van der Waals surface area contributed by atoms with Crippen LogP contribution >= 0.6 is 0 Å². The highest BCUT2D eigenvalue weighted by molar-refractivity contribution is 5.95. The van der Waals surface area contributed by atoms with Crippen LogP contribution in [0.4, 0.5) is 4.39 Å². The average molecular weight is 494 g/mol. The first-order chi connectivity index (χ1) is 17.6. The molecule has 0 spiro atoms. The molecular formula is C28H32FN3O4. The molecule has 0 unspecified atom stereocenters. The summed E-state index contributed by atoms with van der Waals surface area (Å²) in [5, 5.41) is 8.28. The molecule has 8 heteroatoms. The minimum absolute atomic E-state index is 0.0396. The summed E-state index contributed by atoms with van der Waals surface area (Å²) in [5.74, 6) is 2.09. The van der Waals surface area contributed by atoms with Gasteiger partial charge in [0, 0.05) is 22.9 Å². The van der Waals surface area contributed by atoms with E-state index in [2.05, 4.69) is 15.4 Å². The lowest BCUT2D eigenvalue weighted by Crippen LogP contribution is -2.38. The molecule has 1 aliphatic carbocycles. The van der Waals surface area contributed by atoms with Gasteiger partial charge in [-0.3, -0.25) is 4.79 Å². The lowest BCUT2D eigenvalue weighted by molar-refractivity contribution is 0.0918. The summed E-state index contributed by atoms with van der Waals surface area (Å²) in [5.41, 5.74) is 2.19. The zero-order chi connectivity index (χ0) is 24.5. The van der Waals surface area contributed by atoms with Gasteiger partial charge in [-0.1, -0.05) is 5.16 Å². The van der Waals surface area contributed by atoms with Crippen LogP contribution < -0.4 is 14.8 Å². The second-order valence-electron chi connectivity index (χ2n) is 10.4. The summed E-state index contributed by atoms with van der Waals surface area (Å²) < 4.78 is 29.8. The number of nitrogens with zero attached hydrogens (tertiary/aromatic N) is 2. The van der Waals surface area contributed by atoms with Gasteiger partial charge in [-0.15, -0.1) is 0 Å². The molecule has 190 valence electrons. The highest BCUT2D eigenvalue weighted by Gasteiger charge is 2.27. The van der Waals surface area contributed by atoms with E-state index in [4.69, 9.17) is 14.0 Å². The van der Waals surface area contributed by atoms with E-state index in [1.165, 1.54) is 12.5 Å². The second kappa shape index (κ2) is 10.1. The Kier molecular flexibility index (Phi) is 6.52. The molecule has 1 amide bonds. The van der Waals surface area contributed by atoms with Gasteiger partial charge in [-0.05, 0) is 107 Å². The number of hydrogen-bond donors (Lipinski definition) is 1. The molecule has 3 aromatic rings. The molecule has 7 nitrogen and oxygen atoms in total. The predicted molar refractivity (Wildman–Crippen MR) is 133 cm³/mol. The van der Waals surface area contributed by atoms with Crippen molar-refractivity contribution in [2.75, 3.05) is 26.4 Å². The molecule has 0 atom stereocenters. The zero-order valence-corrected chi connectivity index (χ0v) is 20.4. The van der Waals surface area contributed by atoms with Crippen LogP contribution in [-0.4, -0.2) is 48.4 Å². The first-order valence-corrected chi connectivity index (χ1v) is 13.1. The van der Waals surface area contributed by atoms with Crippen molar-refractivity contribution in [3.05, 3.63) is 53.5 Å². The first-order valence-electron chi connectivity index (χ1n) is 13.1. The van der Waals surface area contributed by atoms with Crippen molar-refractivity contribution < 1.29 is 23.2 Å². The van der Waals surface area contributed by atoms with Gasteiger partial charge in [0.15, 0.2) is 17.1 Å². The predicted octanol–water partition coefficient (Wildman–Crippen LogP) is 5.25. The van der Waals surface area contributed by atoms with Crippen LogP contribution in [0.25, 0.3) is 11.0 Å². The van der Waals surface area contributed by atoms with Gasteiger partial charge in [0.1, 0.15) is 5.82 Å². The minimum atomic E-state index is -0.244. The number of nitrogens with one attached hydrogen (secondary N) is 1. The lowest BCUT2D eigenvalue weighted by Gasteiger charge is -2.34. The summed E-state index contributed by atoms with van der Waals surface area (Å²) in [4.78, 5) is 15.2. The molecular weight excluding hydrogens is 461 g/mol. The van der Waals surface area contributed by atoms with Crippen LogP contribution in [0.2, 0.25) is 0 Å². The van der Waals surface area contributed by atoms with Gasteiger partial charge in [-0.25, -0.2) is 4.39 Å². The molecule has 36 heavy (non-hydrogen) atoms. The van der Waals surface area contributed by atoms with E-state index < -0.39 is 0 Å². The fourth-order valence-electron chi connectivity index (χ4n) is 5.92. The molecule has 3 aliphatic rings. The molecule has 0 radical (unpaired) electrons. The van der Waals surface area contributed by atoms with Crippen LogP contribution in [0.15, 0.2) is 40.9 Å². The van der Waals surface area contributed by atoms with Crippen LogP contribution in [0.5, 0.6) is 11.5 Å². The molecule has 1 saturated heterocycles. The van der Waals surface area contributed by atoms with Crippen molar-refractivity contribution >= 4 is 16.9 Å². The van der Waals surface area contributed by atoms with E-state index in [1.807, 2.05) is 0 Å². The fraction of sp³-hybridized carbons (Fsp3) is 0.500. The standard InChI is InChI=1S/C28H32FN3O4/c29-21-4-8-24-23(16-21)27(31-36-24)19-10-13-32(14-11-19)12-9-18-1-5-22(6-2-18)30-28(33)20-3-7-25-26(15-20)35-17-34-25/h3-4,7-8,15-16,18-19,22H,1-2,5-6,9-14,17H2,(H,30,33). The van der Waals surface area contributed by atoms with E-state index in [1.54, 1.807) is 30.3 Å². The summed E-state index contributed by atoms with van der Waals surface area (Å²) in [6.07, 6.45) is 7.61. The maximum atomic E-state index is 13.7. The Bertz CT molecular complexity index is 1230. The second-order valence-corrected chi connectivity index (χ2v) is 10.4. The van der Waals surface area contributed by atoms with Gasteiger partial charge in [0.2, 0.25) is 6.79 Å². The van der Waals surface area contributed by atoms with Crippen molar-refractivity contribution in [2.45, 2.75) is 56.9 Å². The summed E-state index contributed by atoms with van der Waals surface area (Å²) in [6.45, 7) is 3.40. The molecule has 3 heterocycles. The van der Waals surface area contributed by atoms with Gasteiger partial charge in [-0.2, -0.15) is 0 Å². The Hall–Kier alpha value is -3.13. The SMILES string of the molecule is O=C(NC1CCC(CCN2CCC(c3noc4ccc(F)cc34)CC2)CC1)c1ccc2c(c1)OCO2. The van der Waals surface area contributed by atoms with E-state index in [9.17, 15) is 9.18 Å². The maximum absolute atomic E-state index is 13.7. The molecule has 2 aliphatic heterocycles. The molecule has 6 rings (SSSR count). The van der Waals surface area contributed by atoms with Gasteiger partial charge < -0.3 is 24.2 Å². The monoisotopic (exact) mass is 493 g/mol. The number of aromatic nitrogens is 1. The average Bonchev–Trinajstić information content (AvgIpc) is 3.55. The number of fused-ring (bicyclic) bond motifs is 2. The van der Waals surface area contributed by atoms with Gasteiger partial charge in [0.05, 0.1) is 5.69 Å². The highest BCUT2D eigenvalue weighted by atomic mass is 19.1. The molecule has 1 N–H and O–H groups in total. The Morgan fingerprint density at radius 3 is 2.64 bits per heavy atom. The fourth-order valence-corrected chi connectivity index (χ4v) is 5.92. The highest BCUT2D eigenvalue weighted by Crippen LogP contribution is 2.35. The Balaban J connectivity index is 0.927. The van der Waals surface area contributed by atoms with Crippen LogP contribution in [0, 0.1) is 11.7 Å². The van der Waals surface area contributed by atoms with E-state index in [0.717, 1.165) is 69.2 Å². The third kappa shape index (κ3) is 4.91. The first kappa shape index (κ1) is 23.3. The largest absolute Gasteiger partial charge is 0.454 e. The molecule has 0 bridgehead atoms. The Morgan fingerprint density at radius 1 is 1.00 bits per heavy atom.